The Morgan fingerprint density at radius 1 is 1.00 bits per heavy atom. The molecule has 0 amide bonds. The molecule has 0 atom stereocenters. The van der Waals surface area contributed by atoms with Crippen molar-refractivity contribution in [3.63, 3.8) is 0 Å². The lowest BCUT2D eigenvalue weighted by molar-refractivity contribution is 1.44. The predicted molar refractivity (Wildman–Crippen MR) is 59.9 cm³/mol. The third-order valence-electron chi connectivity index (χ3n) is 1.54. The van der Waals surface area contributed by atoms with Gasteiger partial charge in [-0.1, -0.05) is 23.4 Å². The summed E-state index contributed by atoms with van der Waals surface area (Å²) in [5, 5.41) is 5.01. The summed E-state index contributed by atoms with van der Waals surface area (Å²) in [6, 6.07) is 10.0. The second-order valence-electron chi connectivity index (χ2n) is 2.52. The van der Waals surface area contributed by atoms with Gasteiger partial charge in [0.2, 0.25) is 0 Å². The van der Waals surface area contributed by atoms with Crippen molar-refractivity contribution >= 4 is 34.7 Å². The number of thiophene rings is 1. The van der Waals surface area contributed by atoms with Crippen molar-refractivity contribution in [3.05, 3.63) is 46.1 Å². The Bertz CT molecular complexity index is 364. The van der Waals surface area contributed by atoms with Crippen LogP contribution in [0.5, 0.6) is 0 Å². The highest BCUT2D eigenvalue weighted by Gasteiger charge is 1.96. The standard InChI is InChI=1S/C10H7ClS2/c11-8-1-3-9(4-2-8)13-10-5-6-12-7-10/h1-7H. The minimum absolute atomic E-state index is 0.787. The molecule has 0 aliphatic carbocycles. The summed E-state index contributed by atoms with van der Waals surface area (Å²) in [4.78, 5) is 2.51. The van der Waals surface area contributed by atoms with Crippen molar-refractivity contribution in [2.45, 2.75) is 9.79 Å². The van der Waals surface area contributed by atoms with E-state index >= 15 is 0 Å². The lowest BCUT2D eigenvalue weighted by Crippen LogP contribution is -1.69. The average molecular weight is 227 g/mol. The molecular weight excluding hydrogens is 220 g/mol. The molecule has 1 aromatic heterocycles. The summed E-state index contributed by atoms with van der Waals surface area (Å²) in [6.07, 6.45) is 0. The molecule has 0 unspecified atom stereocenters. The molecule has 0 N–H and O–H groups in total. The maximum Gasteiger partial charge on any atom is 0.0406 e. The summed E-state index contributed by atoms with van der Waals surface area (Å²) in [7, 11) is 0. The zero-order chi connectivity index (χ0) is 9.10. The quantitative estimate of drug-likeness (QED) is 0.724. The highest BCUT2D eigenvalue weighted by atomic mass is 35.5. The highest BCUT2D eigenvalue weighted by Crippen LogP contribution is 2.29. The fraction of sp³-hybridized carbons (Fsp3) is 0. The van der Waals surface area contributed by atoms with Crippen LogP contribution in [0.25, 0.3) is 0 Å². The molecule has 0 bridgehead atoms. The fourth-order valence-electron chi connectivity index (χ4n) is 0.949. The van der Waals surface area contributed by atoms with Crippen molar-refractivity contribution in [2.24, 2.45) is 0 Å². The SMILES string of the molecule is Clc1ccc(Sc2ccsc2)cc1. The first-order chi connectivity index (χ1) is 6.34. The third-order valence-corrected chi connectivity index (χ3v) is 3.63. The van der Waals surface area contributed by atoms with E-state index in [1.807, 2.05) is 24.3 Å². The van der Waals surface area contributed by atoms with Gasteiger partial charge in [0.25, 0.3) is 0 Å². The van der Waals surface area contributed by atoms with E-state index in [9.17, 15) is 0 Å². The zero-order valence-electron chi connectivity index (χ0n) is 6.74. The minimum atomic E-state index is 0.787. The summed E-state index contributed by atoms with van der Waals surface area (Å²) in [5.74, 6) is 0. The van der Waals surface area contributed by atoms with E-state index in [0.29, 0.717) is 0 Å². The van der Waals surface area contributed by atoms with E-state index in [0.717, 1.165) is 5.02 Å². The minimum Gasteiger partial charge on any atom is -0.151 e. The van der Waals surface area contributed by atoms with Crippen LogP contribution < -0.4 is 0 Å². The molecule has 0 saturated heterocycles. The first kappa shape index (κ1) is 9.13. The first-order valence-electron chi connectivity index (χ1n) is 3.80. The largest absolute Gasteiger partial charge is 0.151 e. The smallest absolute Gasteiger partial charge is 0.0406 e. The van der Waals surface area contributed by atoms with Crippen LogP contribution in [0, 0.1) is 0 Å². The van der Waals surface area contributed by atoms with Crippen LogP contribution in [0.2, 0.25) is 5.02 Å². The fourth-order valence-corrected chi connectivity index (χ4v) is 2.72. The molecule has 2 rings (SSSR count). The molecule has 0 radical (unpaired) electrons. The van der Waals surface area contributed by atoms with Gasteiger partial charge in [-0.05, 0) is 35.7 Å². The predicted octanol–water partition coefficient (Wildman–Crippen LogP) is 4.55. The number of rotatable bonds is 2. The molecule has 66 valence electrons. The van der Waals surface area contributed by atoms with Crippen molar-refractivity contribution in [2.75, 3.05) is 0 Å². The summed E-state index contributed by atoms with van der Waals surface area (Å²) >= 11 is 9.26. The summed E-state index contributed by atoms with van der Waals surface area (Å²) < 4.78 is 0. The van der Waals surface area contributed by atoms with Gasteiger partial charge in [0.05, 0.1) is 0 Å². The molecular formula is C10H7ClS2. The molecule has 0 aliphatic rings. The Morgan fingerprint density at radius 2 is 1.77 bits per heavy atom. The lowest BCUT2D eigenvalue weighted by Gasteiger charge is -1.97. The van der Waals surface area contributed by atoms with E-state index in [2.05, 4.69) is 16.8 Å². The normalized spacial score (nSPS) is 10.2. The molecule has 0 fully saturated rings. The van der Waals surface area contributed by atoms with Gasteiger partial charge >= 0.3 is 0 Å². The van der Waals surface area contributed by atoms with Gasteiger partial charge in [-0.3, -0.25) is 0 Å². The van der Waals surface area contributed by atoms with Crippen LogP contribution in [0.15, 0.2) is 50.9 Å². The van der Waals surface area contributed by atoms with Crippen LogP contribution in [-0.2, 0) is 0 Å². The monoisotopic (exact) mass is 226 g/mol. The van der Waals surface area contributed by atoms with E-state index in [-0.39, 0.29) is 0 Å². The van der Waals surface area contributed by atoms with E-state index < -0.39 is 0 Å². The van der Waals surface area contributed by atoms with Crippen LogP contribution in [-0.4, -0.2) is 0 Å². The average Bonchev–Trinajstić information content (AvgIpc) is 2.62. The number of hydrogen-bond acceptors (Lipinski definition) is 2. The number of hydrogen-bond donors (Lipinski definition) is 0. The Kier molecular flexibility index (Phi) is 2.94. The van der Waals surface area contributed by atoms with Gasteiger partial charge in [-0.25, -0.2) is 0 Å². The summed E-state index contributed by atoms with van der Waals surface area (Å²) in [6.45, 7) is 0. The molecule has 0 aliphatic heterocycles. The van der Waals surface area contributed by atoms with Gasteiger partial charge < -0.3 is 0 Å². The van der Waals surface area contributed by atoms with Crippen molar-refractivity contribution in [1.29, 1.82) is 0 Å². The van der Waals surface area contributed by atoms with Gasteiger partial charge in [-0.2, -0.15) is 11.3 Å². The van der Waals surface area contributed by atoms with E-state index in [4.69, 9.17) is 11.6 Å². The third kappa shape index (κ3) is 2.50. The lowest BCUT2D eigenvalue weighted by atomic mass is 10.4. The molecule has 1 heterocycles. The van der Waals surface area contributed by atoms with Gasteiger partial charge in [0, 0.05) is 20.2 Å². The van der Waals surface area contributed by atoms with Crippen LogP contribution in [0.3, 0.4) is 0 Å². The first-order valence-corrected chi connectivity index (χ1v) is 5.94. The molecule has 13 heavy (non-hydrogen) atoms. The van der Waals surface area contributed by atoms with Crippen molar-refractivity contribution in [3.8, 4) is 0 Å². The van der Waals surface area contributed by atoms with Gasteiger partial charge in [0.15, 0.2) is 0 Å². The maximum absolute atomic E-state index is 5.79. The Hall–Kier alpha value is -0.440. The van der Waals surface area contributed by atoms with Crippen molar-refractivity contribution < 1.29 is 0 Å². The Balaban J connectivity index is 2.15. The number of halogens is 1. The Labute approximate surface area is 90.6 Å². The van der Waals surface area contributed by atoms with E-state index in [1.165, 1.54) is 9.79 Å². The summed E-state index contributed by atoms with van der Waals surface area (Å²) in [5.41, 5.74) is 0. The van der Waals surface area contributed by atoms with Gasteiger partial charge in [0.1, 0.15) is 0 Å². The second-order valence-corrected chi connectivity index (χ2v) is 4.88. The van der Waals surface area contributed by atoms with Crippen molar-refractivity contribution in [1.82, 2.24) is 0 Å². The van der Waals surface area contributed by atoms with Gasteiger partial charge in [-0.15, -0.1) is 0 Å². The second kappa shape index (κ2) is 4.18. The maximum atomic E-state index is 5.79. The molecule has 0 nitrogen and oxygen atoms in total. The topological polar surface area (TPSA) is 0 Å². The Morgan fingerprint density at radius 3 is 2.38 bits per heavy atom. The van der Waals surface area contributed by atoms with Crippen LogP contribution >= 0.6 is 34.7 Å². The highest BCUT2D eigenvalue weighted by molar-refractivity contribution is 7.99. The number of benzene rings is 1. The van der Waals surface area contributed by atoms with E-state index in [1.54, 1.807) is 23.1 Å². The van der Waals surface area contributed by atoms with Crippen LogP contribution in [0.4, 0.5) is 0 Å². The zero-order valence-corrected chi connectivity index (χ0v) is 9.12. The molecule has 0 saturated carbocycles. The van der Waals surface area contributed by atoms with Crippen LogP contribution in [0.1, 0.15) is 0 Å². The molecule has 2 aromatic rings. The molecule has 0 spiro atoms. The molecule has 3 heteroatoms. The molecule has 1 aromatic carbocycles.